The summed E-state index contributed by atoms with van der Waals surface area (Å²) in [7, 11) is 0. The Kier molecular flexibility index (Phi) is 5.39. The summed E-state index contributed by atoms with van der Waals surface area (Å²) >= 11 is 0. The molecule has 144 valence electrons. The normalized spacial score (nSPS) is 24.6. The van der Waals surface area contributed by atoms with Gasteiger partial charge in [-0.15, -0.1) is 0 Å². The molecular weight excluding hydrogens is 358 g/mol. The van der Waals surface area contributed by atoms with Crippen LogP contribution in [0.5, 0.6) is 0 Å². The van der Waals surface area contributed by atoms with Crippen molar-refractivity contribution in [3.05, 3.63) is 71.3 Å². The number of halogens is 2. The lowest BCUT2D eigenvalue weighted by Crippen LogP contribution is -2.56. The highest BCUT2D eigenvalue weighted by Gasteiger charge is 2.56. The van der Waals surface area contributed by atoms with Crippen molar-refractivity contribution in [2.45, 2.75) is 31.8 Å². The van der Waals surface area contributed by atoms with E-state index in [2.05, 4.69) is 0 Å². The van der Waals surface area contributed by atoms with Gasteiger partial charge < -0.3 is 9.84 Å². The maximum Gasteiger partial charge on any atom is 0.319 e. The molecule has 0 radical (unpaired) electrons. The predicted molar refractivity (Wildman–Crippen MR) is 91.1 cm³/mol. The zero-order valence-corrected chi connectivity index (χ0v) is 14.9. The number of aliphatic hydroxyl groups is 1. The third kappa shape index (κ3) is 3.64. The Hall–Kier alpha value is -2.19. The first-order valence-corrected chi connectivity index (χ1v) is 8.56. The Morgan fingerprint density at radius 3 is 1.96 bits per heavy atom. The van der Waals surface area contributed by atoms with E-state index in [1.54, 1.807) is 6.92 Å². The van der Waals surface area contributed by atoms with Gasteiger partial charge in [0.15, 0.2) is 5.60 Å². The lowest BCUT2D eigenvalue weighted by molar-refractivity contribution is -0.555. The number of ether oxygens (including phenoxy) is 1. The number of rotatable bonds is 5. The summed E-state index contributed by atoms with van der Waals surface area (Å²) in [5, 5.41) is 10.6. The Labute approximate surface area is 155 Å². The third-order valence-corrected chi connectivity index (χ3v) is 4.70. The molecule has 5 nitrogen and oxygen atoms in total. The van der Waals surface area contributed by atoms with Gasteiger partial charge in [0.25, 0.3) is 0 Å². The van der Waals surface area contributed by atoms with Crippen molar-refractivity contribution in [3.8, 4) is 0 Å². The first kappa shape index (κ1) is 19.6. The maximum absolute atomic E-state index is 13.4. The van der Waals surface area contributed by atoms with Crippen molar-refractivity contribution >= 4 is 5.78 Å². The van der Waals surface area contributed by atoms with Gasteiger partial charge in [0.2, 0.25) is 0 Å². The van der Waals surface area contributed by atoms with E-state index < -0.39 is 29.1 Å². The highest BCUT2D eigenvalue weighted by atomic mass is 19.1. The average molecular weight is 378 g/mol. The first-order valence-electron chi connectivity index (χ1n) is 8.56. The van der Waals surface area contributed by atoms with E-state index in [4.69, 9.17) is 14.5 Å². The molecule has 1 fully saturated rings. The number of Topliss-reactive ketones (excluding diaryl/α,β-unsaturated/α-hetero) is 1. The summed E-state index contributed by atoms with van der Waals surface area (Å²) in [5.41, 5.74) is -0.387. The van der Waals surface area contributed by atoms with Crippen LogP contribution in [0, 0.1) is 17.6 Å². The molecule has 1 N–H and O–H groups in total. The molecule has 2 unspecified atom stereocenters. The second-order valence-corrected chi connectivity index (χ2v) is 6.44. The van der Waals surface area contributed by atoms with Gasteiger partial charge in [-0.2, -0.15) is 4.89 Å². The number of carbonyl (C=O) groups excluding carboxylic acids is 1. The predicted octanol–water partition coefficient (Wildman–Crippen LogP) is 3.45. The third-order valence-electron chi connectivity index (χ3n) is 4.70. The molecular formula is C20H20F2O5. The number of ketones is 1. The molecule has 0 amide bonds. The van der Waals surface area contributed by atoms with Gasteiger partial charge in [-0.1, -0.05) is 24.3 Å². The van der Waals surface area contributed by atoms with Crippen LogP contribution in [0.25, 0.3) is 0 Å². The highest BCUT2D eigenvalue weighted by Crippen LogP contribution is 2.47. The van der Waals surface area contributed by atoms with Crippen LogP contribution in [0.2, 0.25) is 0 Å². The molecule has 1 aliphatic heterocycles. The second kappa shape index (κ2) is 7.44. The van der Waals surface area contributed by atoms with Gasteiger partial charge in [0, 0.05) is 13.0 Å². The largest absolute Gasteiger partial charge is 0.341 e. The van der Waals surface area contributed by atoms with E-state index in [-0.39, 0.29) is 18.8 Å². The van der Waals surface area contributed by atoms with E-state index in [1.165, 1.54) is 55.5 Å². The fraction of sp³-hybridized carbons (Fsp3) is 0.350. The van der Waals surface area contributed by atoms with Crippen molar-refractivity contribution in [1.82, 2.24) is 0 Å². The lowest BCUT2D eigenvalue weighted by Gasteiger charge is -2.46. The Balaban J connectivity index is 2.12. The molecule has 7 heteroatoms. The van der Waals surface area contributed by atoms with Crippen LogP contribution in [-0.2, 0) is 24.9 Å². The Morgan fingerprint density at radius 1 is 1.07 bits per heavy atom. The van der Waals surface area contributed by atoms with E-state index in [9.17, 15) is 18.7 Å². The minimum atomic E-state index is -2.25. The van der Waals surface area contributed by atoms with E-state index >= 15 is 0 Å². The van der Waals surface area contributed by atoms with Crippen LogP contribution in [0.15, 0.2) is 48.5 Å². The number of carbonyl (C=O) groups is 1. The van der Waals surface area contributed by atoms with E-state index in [1.807, 2.05) is 0 Å². The first-order chi connectivity index (χ1) is 12.8. The van der Waals surface area contributed by atoms with Crippen LogP contribution in [0.4, 0.5) is 8.78 Å². The zero-order valence-electron chi connectivity index (χ0n) is 14.9. The lowest BCUT2D eigenvalue weighted by atomic mass is 9.76. The molecule has 0 saturated carbocycles. The zero-order chi connectivity index (χ0) is 19.7. The molecule has 0 aromatic heterocycles. The minimum Gasteiger partial charge on any atom is -0.341 e. The fourth-order valence-electron chi connectivity index (χ4n) is 3.31. The summed E-state index contributed by atoms with van der Waals surface area (Å²) in [6.07, 6.45) is -0.0455. The van der Waals surface area contributed by atoms with Crippen molar-refractivity contribution < 1.29 is 33.2 Å². The second-order valence-electron chi connectivity index (χ2n) is 6.44. The van der Waals surface area contributed by atoms with Gasteiger partial charge >= 0.3 is 5.97 Å². The van der Waals surface area contributed by atoms with E-state index in [0.717, 1.165) is 0 Å². The molecule has 2 atom stereocenters. The van der Waals surface area contributed by atoms with Gasteiger partial charge in [-0.25, -0.2) is 13.7 Å². The number of hydrogen-bond acceptors (Lipinski definition) is 5. The van der Waals surface area contributed by atoms with Crippen molar-refractivity contribution in [1.29, 1.82) is 0 Å². The van der Waals surface area contributed by atoms with E-state index in [0.29, 0.717) is 11.1 Å². The SMILES string of the molecule is CCOC1(O)OOC(c2ccc(F)cc2)(c2ccc(F)cc2)CC1C(C)=O. The number of hydrogen-bond donors (Lipinski definition) is 1. The quantitative estimate of drug-likeness (QED) is 0.638. The molecule has 0 aliphatic carbocycles. The fourth-order valence-corrected chi connectivity index (χ4v) is 3.31. The van der Waals surface area contributed by atoms with Crippen LogP contribution in [0.1, 0.15) is 31.4 Å². The molecule has 27 heavy (non-hydrogen) atoms. The van der Waals surface area contributed by atoms with Crippen LogP contribution >= 0.6 is 0 Å². The summed E-state index contributed by atoms with van der Waals surface area (Å²) in [5.74, 6) is -4.59. The summed E-state index contributed by atoms with van der Waals surface area (Å²) in [6.45, 7) is 3.04. The van der Waals surface area contributed by atoms with Gasteiger partial charge in [0.05, 0.1) is 0 Å². The highest BCUT2D eigenvalue weighted by molar-refractivity contribution is 5.79. The Bertz CT molecular complexity index is 761. The van der Waals surface area contributed by atoms with Crippen LogP contribution in [-0.4, -0.2) is 23.5 Å². The van der Waals surface area contributed by atoms with Crippen molar-refractivity contribution in [2.24, 2.45) is 5.92 Å². The number of benzene rings is 2. The molecule has 1 heterocycles. The molecule has 2 aromatic carbocycles. The standard InChI is InChI=1S/C20H20F2O5/c1-3-25-20(24)18(13(2)23)12-19(26-27-20,14-4-8-16(21)9-5-14)15-6-10-17(22)11-7-15/h4-11,18,24H,3,12H2,1-2H3. The molecule has 0 spiro atoms. The average Bonchev–Trinajstić information content (AvgIpc) is 2.64. The molecule has 1 saturated heterocycles. The van der Waals surface area contributed by atoms with Gasteiger partial charge in [0.1, 0.15) is 23.3 Å². The monoisotopic (exact) mass is 378 g/mol. The minimum absolute atomic E-state index is 0.0455. The molecule has 0 bridgehead atoms. The Morgan fingerprint density at radius 2 is 1.56 bits per heavy atom. The molecule has 2 aromatic rings. The van der Waals surface area contributed by atoms with Gasteiger partial charge in [-0.3, -0.25) is 4.79 Å². The summed E-state index contributed by atoms with van der Waals surface area (Å²) < 4.78 is 32.1. The van der Waals surface area contributed by atoms with Crippen molar-refractivity contribution in [3.63, 3.8) is 0 Å². The summed E-state index contributed by atoms with van der Waals surface area (Å²) in [6, 6.07) is 10.9. The van der Waals surface area contributed by atoms with Crippen LogP contribution in [0.3, 0.4) is 0 Å². The maximum atomic E-state index is 13.4. The smallest absolute Gasteiger partial charge is 0.319 e. The van der Waals surface area contributed by atoms with Gasteiger partial charge in [-0.05, 0) is 49.2 Å². The van der Waals surface area contributed by atoms with Crippen molar-refractivity contribution in [2.75, 3.05) is 6.61 Å². The molecule has 1 aliphatic rings. The van der Waals surface area contributed by atoms with Crippen LogP contribution < -0.4 is 0 Å². The topological polar surface area (TPSA) is 65.0 Å². The summed E-state index contributed by atoms with van der Waals surface area (Å²) in [4.78, 5) is 23.0. The molecule has 3 rings (SSSR count).